The first kappa shape index (κ1) is 14.2. The molecule has 4 nitrogen and oxygen atoms in total. The fourth-order valence-electron chi connectivity index (χ4n) is 2.00. The minimum Gasteiger partial charge on any atom is -0.508 e. The summed E-state index contributed by atoms with van der Waals surface area (Å²) in [6, 6.07) is 5.35. The van der Waals surface area contributed by atoms with Crippen LogP contribution in [0.3, 0.4) is 0 Å². The van der Waals surface area contributed by atoms with Gasteiger partial charge in [-0.1, -0.05) is 0 Å². The molecule has 1 atom stereocenters. The smallest absolute Gasteiger partial charge is 0.120 e. The van der Waals surface area contributed by atoms with Gasteiger partial charge in [0.2, 0.25) is 0 Å². The van der Waals surface area contributed by atoms with Gasteiger partial charge >= 0.3 is 0 Å². The van der Waals surface area contributed by atoms with Crippen molar-refractivity contribution < 1.29 is 14.6 Å². The normalized spacial score (nSPS) is 16.3. The van der Waals surface area contributed by atoms with Crippen LogP contribution in [0.15, 0.2) is 18.2 Å². The molecule has 1 aromatic rings. The predicted octanol–water partition coefficient (Wildman–Crippen LogP) is 2.48. The fraction of sp³-hybridized carbons (Fsp3) is 0.600. The molecule has 1 unspecified atom stereocenters. The van der Waals surface area contributed by atoms with Gasteiger partial charge in [-0.2, -0.15) is 0 Å². The number of phenols is 1. The van der Waals surface area contributed by atoms with Crippen LogP contribution in [0, 0.1) is 5.92 Å². The molecule has 0 amide bonds. The minimum atomic E-state index is 0.0691. The molecule has 1 saturated carbocycles. The number of nitrogens with one attached hydrogen (secondary N) is 1. The Balaban J connectivity index is 1.75. The van der Waals surface area contributed by atoms with E-state index in [2.05, 4.69) is 5.32 Å². The summed E-state index contributed by atoms with van der Waals surface area (Å²) in [4.78, 5) is 0. The molecule has 0 spiro atoms. The molecule has 2 N–H and O–H groups in total. The molecule has 1 fully saturated rings. The molecule has 4 heteroatoms. The quantitative estimate of drug-likeness (QED) is 0.709. The van der Waals surface area contributed by atoms with E-state index in [1.165, 1.54) is 12.8 Å². The molecule has 0 bridgehead atoms. The van der Waals surface area contributed by atoms with E-state index in [9.17, 15) is 5.11 Å². The van der Waals surface area contributed by atoms with Crippen LogP contribution in [0.25, 0.3) is 0 Å². The Labute approximate surface area is 114 Å². The third-order valence-corrected chi connectivity index (χ3v) is 3.45. The number of benzene rings is 1. The van der Waals surface area contributed by atoms with Gasteiger partial charge in [0, 0.05) is 24.8 Å². The lowest BCUT2D eigenvalue weighted by molar-refractivity contribution is 0.124. The Hall–Kier alpha value is -1.26. The van der Waals surface area contributed by atoms with Crippen molar-refractivity contribution >= 4 is 0 Å². The van der Waals surface area contributed by atoms with Crippen molar-refractivity contribution in [3.8, 4) is 11.5 Å². The zero-order valence-corrected chi connectivity index (χ0v) is 11.7. The molecule has 2 rings (SSSR count). The topological polar surface area (TPSA) is 50.7 Å². The summed E-state index contributed by atoms with van der Waals surface area (Å²) in [7, 11) is 1.62. The maximum Gasteiger partial charge on any atom is 0.120 e. The summed E-state index contributed by atoms with van der Waals surface area (Å²) >= 11 is 0. The van der Waals surface area contributed by atoms with Gasteiger partial charge in [-0.25, -0.2) is 0 Å². The van der Waals surface area contributed by atoms with Gasteiger partial charge in [-0.15, -0.1) is 0 Å². The molecule has 1 aliphatic carbocycles. The number of hydrogen-bond donors (Lipinski definition) is 2. The van der Waals surface area contributed by atoms with Crippen molar-refractivity contribution in [2.24, 2.45) is 5.92 Å². The molecule has 19 heavy (non-hydrogen) atoms. The number of methoxy groups -OCH3 is 1. The van der Waals surface area contributed by atoms with Crippen LogP contribution in [-0.4, -0.2) is 32.0 Å². The van der Waals surface area contributed by atoms with Gasteiger partial charge in [0.15, 0.2) is 0 Å². The molecule has 1 aliphatic rings. The highest BCUT2D eigenvalue weighted by molar-refractivity contribution is 5.41. The third kappa shape index (κ3) is 4.40. The zero-order chi connectivity index (χ0) is 13.7. The average molecular weight is 265 g/mol. The number of hydrogen-bond acceptors (Lipinski definition) is 4. The lowest BCUT2D eigenvalue weighted by Gasteiger charge is -2.16. The van der Waals surface area contributed by atoms with Gasteiger partial charge in [0.05, 0.1) is 13.7 Å². The van der Waals surface area contributed by atoms with Gasteiger partial charge in [0.1, 0.15) is 11.5 Å². The highest BCUT2D eigenvalue weighted by Gasteiger charge is 2.20. The van der Waals surface area contributed by atoms with E-state index in [4.69, 9.17) is 9.47 Å². The van der Waals surface area contributed by atoms with Crippen LogP contribution in [0.1, 0.15) is 31.4 Å². The highest BCUT2D eigenvalue weighted by atomic mass is 16.5. The number of phenolic OH excluding ortho intramolecular Hbond substituents is 1. The van der Waals surface area contributed by atoms with Gasteiger partial charge in [-0.3, -0.25) is 0 Å². The second kappa shape index (κ2) is 6.78. The number of aromatic hydroxyl groups is 1. The maximum absolute atomic E-state index is 9.86. The molecule has 0 saturated heterocycles. The lowest BCUT2D eigenvalue weighted by Crippen LogP contribution is -2.23. The van der Waals surface area contributed by atoms with Crippen LogP contribution in [0.4, 0.5) is 0 Å². The predicted molar refractivity (Wildman–Crippen MR) is 74.6 cm³/mol. The van der Waals surface area contributed by atoms with Crippen LogP contribution in [0.2, 0.25) is 0 Å². The van der Waals surface area contributed by atoms with Crippen molar-refractivity contribution in [2.45, 2.75) is 25.8 Å². The Kier molecular flexibility index (Phi) is 5.05. The molecule has 106 valence electrons. The molecular formula is C15H23NO3. The second-order valence-corrected chi connectivity index (χ2v) is 5.12. The summed E-state index contributed by atoms with van der Waals surface area (Å²) < 4.78 is 10.7. The first-order valence-corrected chi connectivity index (χ1v) is 6.88. The van der Waals surface area contributed by atoms with E-state index >= 15 is 0 Å². The van der Waals surface area contributed by atoms with E-state index in [0.29, 0.717) is 12.4 Å². The van der Waals surface area contributed by atoms with Gasteiger partial charge in [0.25, 0.3) is 0 Å². The van der Waals surface area contributed by atoms with Crippen molar-refractivity contribution in [3.63, 3.8) is 0 Å². The summed E-state index contributed by atoms with van der Waals surface area (Å²) in [5.41, 5.74) is 0.849. The van der Waals surface area contributed by atoms with Gasteiger partial charge < -0.3 is 19.9 Å². The van der Waals surface area contributed by atoms with Crippen molar-refractivity contribution in [1.82, 2.24) is 5.32 Å². The largest absolute Gasteiger partial charge is 0.508 e. The summed E-state index contributed by atoms with van der Waals surface area (Å²) in [5.74, 6) is 1.85. The Bertz CT molecular complexity index is 404. The van der Waals surface area contributed by atoms with Crippen LogP contribution in [-0.2, 0) is 4.74 Å². The summed E-state index contributed by atoms with van der Waals surface area (Å²) in [6.07, 6.45) is 2.64. The van der Waals surface area contributed by atoms with E-state index in [0.717, 1.165) is 30.4 Å². The van der Waals surface area contributed by atoms with Crippen molar-refractivity contribution in [3.05, 3.63) is 23.8 Å². The number of rotatable bonds is 8. The molecule has 0 heterocycles. The van der Waals surface area contributed by atoms with E-state index < -0.39 is 0 Å². The summed E-state index contributed by atoms with van der Waals surface area (Å²) in [6.45, 7) is 4.41. The minimum absolute atomic E-state index is 0.0691. The average Bonchev–Trinajstić information content (AvgIpc) is 3.23. The maximum atomic E-state index is 9.86. The van der Waals surface area contributed by atoms with Crippen LogP contribution < -0.4 is 10.1 Å². The first-order chi connectivity index (χ1) is 9.20. The third-order valence-electron chi connectivity index (χ3n) is 3.45. The fourth-order valence-corrected chi connectivity index (χ4v) is 2.00. The zero-order valence-electron chi connectivity index (χ0n) is 11.7. The molecule has 0 aromatic heterocycles. The van der Waals surface area contributed by atoms with Crippen molar-refractivity contribution in [2.75, 3.05) is 26.9 Å². The highest BCUT2D eigenvalue weighted by Crippen LogP contribution is 2.29. The standard InChI is InChI=1S/C15H23NO3/c1-11(16-7-8-19-10-12-3-4-12)14-9-13(18-2)5-6-15(14)17/h5-6,9,11-12,16-17H,3-4,7-8,10H2,1-2H3. The van der Waals surface area contributed by atoms with E-state index in [-0.39, 0.29) is 6.04 Å². The molecule has 0 aliphatic heterocycles. The Morgan fingerprint density at radius 1 is 1.42 bits per heavy atom. The molecular weight excluding hydrogens is 242 g/mol. The Morgan fingerprint density at radius 2 is 2.21 bits per heavy atom. The van der Waals surface area contributed by atoms with Crippen molar-refractivity contribution in [1.29, 1.82) is 0 Å². The van der Waals surface area contributed by atoms with E-state index in [1.54, 1.807) is 19.2 Å². The number of ether oxygens (including phenoxy) is 2. The lowest BCUT2D eigenvalue weighted by atomic mass is 10.1. The summed E-state index contributed by atoms with van der Waals surface area (Å²) in [5, 5.41) is 13.2. The molecule has 1 aromatic carbocycles. The second-order valence-electron chi connectivity index (χ2n) is 5.12. The van der Waals surface area contributed by atoms with Crippen LogP contribution >= 0.6 is 0 Å². The first-order valence-electron chi connectivity index (χ1n) is 6.88. The van der Waals surface area contributed by atoms with E-state index in [1.807, 2.05) is 13.0 Å². The SMILES string of the molecule is COc1ccc(O)c(C(C)NCCOCC2CC2)c1. The van der Waals surface area contributed by atoms with Crippen LogP contribution in [0.5, 0.6) is 11.5 Å². The molecule has 0 radical (unpaired) electrons. The Morgan fingerprint density at radius 3 is 2.89 bits per heavy atom. The monoisotopic (exact) mass is 265 g/mol. The van der Waals surface area contributed by atoms with Gasteiger partial charge in [-0.05, 0) is 43.9 Å².